The van der Waals surface area contributed by atoms with Crippen molar-refractivity contribution in [3.05, 3.63) is 46.6 Å². The largest absolute Gasteiger partial charge is 0.472 e. The normalized spacial score (nSPS) is 17.5. The van der Waals surface area contributed by atoms with Crippen LogP contribution in [0.5, 0.6) is 5.88 Å². The molecule has 22 heavy (non-hydrogen) atoms. The maximum absolute atomic E-state index is 12.3. The van der Waals surface area contributed by atoms with Crippen LogP contribution in [-0.4, -0.2) is 45.0 Å². The Kier molecular flexibility index (Phi) is 4.33. The lowest BCUT2D eigenvalue weighted by molar-refractivity contribution is 0.0765. The second-order valence-electron chi connectivity index (χ2n) is 5.14. The van der Waals surface area contributed by atoms with E-state index in [4.69, 9.17) is 4.74 Å². The van der Waals surface area contributed by atoms with Crippen LogP contribution >= 0.6 is 15.9 Å². The van der Waals surface area contributed by atoms with Gasteiger partial charge < -0.3 is 9.64 Å². The summed E-state index contributed by atoms with van der Waals surface area (Å²) in [7, 11) is 0. The Morgan fingerprint density at radius 2 is 2.14 bits per heavy atom. The van der Waals surface area contributed by atoms with Gasteiger partial charge in [0.25, 0.3) is 5.91 Å². The summed E-state index contributed by atoms with van der Waals surface area (Å²) in [6.07, 6.45) is 5.54. The Labute approximate surface area is 136 Å². The van der Waals surface area contributed by atoms with Gasteiger partial charge in [0, 0.05) is 35.9 Å². The highest BCUT2D eigenvalue weighted by Gasteiger charge is 2.29. The van der Waals surface area contributed by atoms with E-state index in [1.165, 1.54) is 6.20 Å². The number of aromatic nitrogens is 3. The van der Waals surface area contributed by atoms with E-state index in [0.717, 1.165) is 16.6 Å². The zero-order chi connectivity index (χ0) is 15.5. The van der Waals surface area contributed by atoms with Crippen molar-refractivity contribution in [3.63, 3.8) is 0 Å². The third kappa shape index (κ3) is 3.41. The standard InChI is InChI=1S/C15H15BrN4O2/c1-10-6-18-13(8-17-10)15(21)20-5-4-12(9-20)22-14-3-2-11(16)7-19-14/h2-3,6-8,12H,4-5,9H2,1H3. The van der Waals surface area contributed by atoms with Gasteiger partial charge in [-0.25, -0.2) is 9.97 Å². The van der Waals surface area contributed by atoms with Crippen molar-refractivity contribution in [1.82, 2.24) is 19.9 Å². The summed E-state index contributed by atoms with van der Waals surface area (Å²) in [6, 6.07) is 3.68. The molecule has 1 amide bonds. The van der Waals surface area contributed by atoms with Gasteiger partial charge in [-0.05, 0) is 28.9 Å². The first kappa shape index (κ1) is 14.9. The molecule has 3 rings (SSSR count). The van der Waals surface area contributed by atoms with E-state index in [2.05, 4.69) is 30.9 Å². The minimum atomic E-state index is -0.109. The topological polar surface area (TPSA) is 68.2 Å². The molecule has 0 spiro atoms. The van der Waals surface area contributed by atoms with Crippen molar-refractivity contribution < 1.29 is 9.53 Å². The molecule has 2 aromatic rings. The molecular weight excluding hydrogens is 348 g/mol. The van der Waals surface area contributed by atoms with Gasteiger partial charge >= 0.3 is 0 Å². The molecule has 0 N–H and O–H groups in total. The Hall–Kier alpha value is -2.02. The second kappa shape index (κ2) is 6.39. The van der Waals surface area contributed by atoms with Gasteiger partial charge in [0.05, 0.1) is 18.4 Å². The number of carbonyl (C=O) groups excluding carboxylic acids is 1. The van der Waals surface area contributed by atoms with E-state index in [1.54, 1.807) is 23.4 Å². The summed E-state index contributed by atoms with van der Waals surface area (Å²) in [6.45, 7) is 3.02. The number of aryl methyl sites for hydroxylation is 1. The molecule has 1 unspecified atom stereocenters. The first-order valence-electron chi connectivity index (χ1n) is 6.98. The van der Waals surface area contributed by atoms with Crippen molar-refractivity contribution in [2.24, 2.45) is 0 Å². The summed E-state index contributed by atoms with van der Waals surface area (Å²) >= 11 is 3.33. The average Bonchev–Trinajstić information content (AvgIpc) is 2.98. The zero-order valence-electron chi connectivity index (χ0n) is 12.1. The van der Waals surface area contributed by atoms with E-state index in [-0.39, 0.29) is 12.0 Å². The summed E-state index contributed by atoms with van der Waals surface area (Å²) in [5.74, 6) is 0.458. The SMILES string of the molecule is Cc1cnc(C(=O)N2CCC(Oc3ccc(Br)cn3)C2)cn1. The Morgan fingerprint density at radius 1 is 1.27 bits per heavy atom. The minimum Gasteiger partial charge on any atom is -0.472 e. The van der Waals surface area contributed by atoms with Gasteiger partial charge in [0.2, 0.25) is 5.88 Å². The highest BCUT2D eigenvalue weighted by Crippen LogP contribution is 2.19. The molecule has 6 nitrogen and oxygen atoms in total. The lowest BCUT2D eigenvalue weighted by atomic mass is 10.3. The highest BCUT2D eigenvalue weighted by atomic mass is 79.9. The molecule has 1 fully saturated rings. The predicted molar refractivity (Wildman–Crippen MR) is 83.6 cm³/mol. The number of hydrogen-bond acceptors (Lipinski definition) is 5. The smallest absolute Gasteiger partial charge is 0.274 e. The van der Waals surface area contributed by atoms with E-state index in [9.17, 15) is 4.79 Å². The molecule has 0 saturated carbocycles. The molecule has 0 bridgehead atoms. The molecule has 1 atom stereocenters. The van der Waals surface area contributed by atoms with Crippen LogP contribution in [0.4, 0.5) is 0 Å². The minimum absolute atomic E-state index is 0.0453. The van der Waals surface area contributed by atoms with Crippen molar-refractivity contribution in [2.45, 2.75) is 19.4 Å². The summed E-state index contributed by atoms with van der Waals surface area (Å²) < 4.78 is 6.71. The number of likely N-dealkylation sites (tertiary alicyclic amines) is 1. The lowest BCUT2D eigenvalue weighted by Crippen LogP contribution is -2.31. The third-order valence-electron chi connectivity index (χ3n) is 3.42. The number of rotatable bonds is 3. The fourth-order valence-corrected chi connectivity index (χ4v) is 2.51. The number of halogens is 1. The molecular formula is C15H15BrN4O2. The molecule has 0 aliphatic carbocycles. The summed E-state index contributed by atoms with van der Waals surface area (Å²) in [5.41, 5.74) is 1.16. The van der Waals surface area contributed by atoms with Gasteiger partial charge in [0.15, 0.2) is 0 Å². The van der Waals surface area contributed by atoms with Crippen LogP contribution in [0.15, 0.2) is 35.2 Å². The number of amides is 1. The van der Waals surface area contributed by atoms with Crippen LogP contribution in [-0.2, 0) is 0 Å². The summed E-state index contributed by atoms with van der Waals surface area (Å²) in [4.78, 5) is 26.5. The second-order valence-corrected chi connectivity index (χ2v) is 6.05. The maximum atomic E-state index is 12.3. The third-order valence-corrected chi connectivity index (χ3v) is 3.89. The molecule has 0 radical (unpaired) electrons. The number of hydrogen-bond donors (Lipinski definition) is 0. The van der Waals surface area contributed by atoms with Gasteiger partial charge in [0.1, 0.15) is 11.8 Å². The van der Waals surface area contributed by atoms with Gasteiger partial charge in [-0.3, -0.25) is 9.78 Å². The first-order chi connectivity index (χ1) is 10.6. The van der Waals surface area contributed by atoms with Crippen molar-refractivity contribution in [3.8, 4) is 5.88 Å². The quantitative estimate of drug-likeness (QED) is 0.837. The van der Waals surface area contributed by atoms with Gasteiger partial charge in [-0.1, -0.05) is 0 Å². The molecule has 7 heteroatoms. The van der Waals surface area contributed by atoms with Crippen molar-refractivity contribution >= 4 is 21.8 Å². The number of pyridine rings is 1. The molecule has 114 valence electrons. The van der Waals surface area contributed by atoms with Crippen LogP contribution in [0, 0.1) is 6.92 Å². The maximum Gasteiger partial charge on any atom is 0.274 e. The van der Waals surface area contributed by atoms with Crippen LogP contribution in [0.25, 0.3) is 0 Å². The Bertz CT molecular complexity index is 660. The van der Waals surface area contributed by atoms with Crippen LogP contribution < -0.4 is 4.74 Å². The molecule has 1 aliphatic heterocycles. The van der Waals surface area contributed by atoms with Crippen LogP contribution in [0.3, 0.4) is 0 Å². The van der Waals surface area contributed by atoms with E-state index in [0.29, 0.717) is 24.7 Å². The Balaban J connectivity index is 1.61. The molecule has 2 aromatic heterocycles. The fraction of sp³-hybridized carbons (Fsp3) is 0.333. The molecule has 3 heterocycles. The number of ether oxygens (including phenoxy) is 1. The molecule has 1 aliphatic rings. The number of carbonyl (C=O) groups is 1. The summed E-state index contributed by atoms with van der Waals surface area (Å²) in [5, 5.41) is 0. The first-order valence-corrected chi connectivity index (χ1v) is 7.77. The van der Waals surface area contributed by atoms with E-state index < -0.39 is 0 Å². The van der Waals surface area contributed by atoms with Crippen LogP contribution in [0.2, 0.25) is 0 Å². The van der Waals surface area contributed by atoms with Crippen molar-refractivity contribution in [2.75, 3.05) is 13.1 Å². The predicted octanol–water partition coefficient (Wildman–Crippen LogP) is 2.24. The molecule has 1 saturated heterocycles. The fourth-order valence-electron chi connectivity index (χ4n) is 2.28. The van der Waals surface area contributed by atoms with Crippen LogP contribution in [0.1, 0.15) is 22.6 Å². The lowest BCUT2D eigenvalue weighted by Gasteiger charge is -2.16. The van der Waals surface area contributed by atoms with E-state index >= 15 is 0 Å². The Morgan fingerprint density at radius 3 is 2.82 bits per heavy atom. The van der Waals surface area contributed by atoms with Crippen molar-refractivity contribution in [1.29, 1.82) is 0 Å². The van der Waals surface area contributed by atoms with Gasteiger partial charge in [-0.2, -0.15) is 0 Å². The zero-order valence-corrected chi connectivity index (χ0v) is 13.7. The van der Waals surface area contributed by atoms with E-state index in [1.807, 2.05) is 13.0 Å². The molecule has 0 aromatic carbocycles. The number of nitrogens with zero attached hydrogens (tertiary/aromatic N) is 4. The highest BCUT2D eigenvalue weighted by molar-refractivity contribution is 9.10. The van der Waals surface area contributed by atoms with Gasteiger partial charge in [-0.15, -0.1) is 0 Å². The monoisotopic (exact) mass is 362 g/mol. The average molecular weight is 363 g/mol.